The van der Waals surface area contributed by atoms with E-state index >= 15 is 0 Å². The van der Waals surface area contributed by atoms with Crippen LogP contribution >= 0.6 is 0 Å². The van der Waals surface area contributed by atoms with E-state index in [0.29, 0.717) is 0 Å². The summed E-state index contributed by atoms with van der Waals surface area (Å²) >= 11 is 0. The third kappa shape index (κ3) is 3.99. The third-order valence-electron chi connectivity index (χ3n) is 4.70. The van der Waals surface area contributed by atoms with E-state index in [0.717, 1.165) is 5.56 Å². The molecule has 0 saturated carbocycles. The van der Waals surface area contributed by atoms with Crippen LogP contribution in [0.4, 0.5) is 0 Å². The van der Waals surface area contributed by atoms with Crippen LogP contribution in [-0.4, -0.2) is 34.2 Å². The lowest BCUT2D eigenvalue weighted by molar-refractivity contribution is -0.159. The molecule has 0 bridgehead atoms. The zero-order valence-electron chi connectivity index (χ0n) is 15.1. The fourth-order valence-corrected chi connectivity index (χ4v) is 6.90. The molecule has 2 aromatic rings. The number of methoxy groups -OCH3 is 2. The molecule has 0 N–H and O–H groups in total. The van der Waals surface area contributed by atoms with Crippen LogP contribution in [0.1, 0.15) is 11.1 Å². The average Bonchev–Trinajstić information content (AvgIpc) is 2.66. The molecule has 0 saturated heterocycles. The number of hydrogen-bond acceptors (Lipinski definition) is 4. The highest BCUT2D eigenvalue weighted by Gasteiger charge is 2.47. The van der Waals surface area contributed by atoms with Gasteiger partial charge in [-0.15, -0.1) is 0 Å². The molecule has 0 amide bonds. The summed E-state index contributed by atoms with van der Waals surface area (Å²) in [4.78, 5) is 25.0. The number of carbonyl (C=O) groups excluding carboxylic acids is 2. The standard InChI is InChI=1S/C20H24O4Si/c1-23-19(21)17(20(22)24-2)18(15-11-7-5-8-12-15)25(3,4)16-13-9-6-10-14-16/h5-14,17-18H,1-4H3. The summed E-state index contributed by atoms with van der Waals surface area (Å²) in [5.74, 6) is -2.10. The van der Waals surface area contributed by atoms with Crippen LogP contribution in [0.25, 0.3) is 0 Å². The molecule has 0 aromatic heterocycles. The van der Waals surface area contributed by atoms with Crippen molar-refractivity contribution in [2.45, 2.75) is 18.6 Å². The second-order valence-corrected chi connectivity index (χ2v) is 11.1. The summed E-state index contributed by atoms with van der Waals surface area (Å²) in [6, 6.07) is 19.7. The first-order chi connectivity index (χ1) is 11.9. The second kappa shape index (κ2) is 8.12. The summed E-state index contributed by atoms with van der Waals surface area (Å²) in [7, 11) is 0.333. The van der Waals surface area contributed by atoms with E-state index in [1.807, 2.05) is 48.5 Å². The first-order valence-corrected chi connectivity index (χ1v) is 11.3. The van der Waals surface area contributed by atoms with E-state index in [-0.39, 0.29) is 5.54 Å². The van der Waals surface area contributed by atoms with Crippen molar-refractivity contribution in [3.63, 3.8) is 0 Å². The number of esters is 2. The van der Waals surface area contributed by atoms with Crippen LogP contribution in [0.5, 0.6) is 0 Å². The largest absolute Gasteiger partial charge is 0.468 e. The van der Waals surface area contributed by atoms with E-state index in [1.54, 1.807) is 0 Å². The van der Waals surface area contributed by atoms with Crippen molar-refractivity contribution in [3.8, 4) is 0 Å². The Morgan fingerprint density at radius 1 is 0.800 bits per heavy atom. The molecule has 5 heteroatoms. The molecule has 0 aliphatic carbocycles. The summed E-state index contributed by atoms with van der Waals surface area (Å²) in [6.45, 7) is 4.33. The maximum atomic E-state index is 12.5. The minimum atomic E-state index is -2.27. The zero-order chi connectivity index (χ0) is 18.4. The molecule has 0 heterocycles. The fourth-order valence-electron chi connectivity index (χ4n) is 3.36. The molecule has 0 aliphatic rings. The molecular formula is C20H24O4Si. The molecule has 132 valence electrons. The first kappa shape index (κ1) is 18.9. The van der Waals surface area contributed by atoms with E-state index in [9.17, 15) is 9.59 Å². The molecule has 25 heavy (non-hydrogen) atoms. The van der Waals surface area contributed by atoms with E-state index in [4.69, 9.17) is 9.47 Å². The van der Waals surface area contributed by atoms with Gasteiger partial charge in [-0.05, 0) is 5.56 Å². The third-order valence-corrected chi connectivity index (χ3v) is 8.74. The molecule has 0 aliphatic heterocycles. The fraction of sp³-hybridized carbons (Fsp3) is 0.300. The number of hydrogen-bond donors (Lipinski definition) is 0. The molecule has 0 fully saturated rings. The minimum Gasteiger partial charge on any atom is -0.468 e. The smallest absolute Gasteiger partial charge is 0.320 e. The lowest BCUT2D eigenvalue weighted by Gasteiger charge is -2.36. The van der Waals surface area contributed by atoms with Crippen molar-refractivity contribution >= 4 is 25.2 Å². The molecule has 2 rings (SSSR count). The van der Waals surface area contributed by atoms with Gasteiger partial charge in [-0.1, -0.05) is 78.9 Å². The number of ether oxygens (including phenoxy) is 2. The summed E-state index contributed by atoms with van der Waals surface area (Å²) < 4.78 is 9.90. The molecule has 2 aromatic carbocycles. The highest BCUT2D eigenvalue weighted by molar-refractivity contribution is 6.91. The van der Waals surface area contributed by atoms with E-state index in [2.05, 4.69) is 25.2 Å². The molecular weight excluding hydrogens is 332 g/mol. The van der Waals surface area contributed by atoms with Gasteiger partial charge in [-0.2, -0.15) is 0 Å². The Kier molecular flexibility index (Phi) is 6.15. The summed E-state index contributed by atoms with van der Waals surface area (Å²) in [5.41, 5.74) is 0.653. The van der Waals surface area contributed by atoms with Gasteiger partial charge in [0.1, 0.15) is 0 Å². The Hall–Kier alpha value is -2.40. The molecule has 1 atom stereocenters. The second-order valence-electron chi connectivity index (χ2n) is 6.50. The van der Waals surface area contributed by atoms with Crippen molar-refractivity contribution in [2.75, 3.05) is 14.2 Å². The van der Waals surface area contributed by atoms with Gasteiger partial charge in [0.15, 0.2) is 5.92 Å². The Bertz CT molecular complexity index is 697. The van der Waals surface area contributed by atoms with Crippen LogP contribution in [-0.2, 0) is 19.1 Å². The molecule has 0 spiro atoms. The topological polar surface area (TPSA) is 52.6 Å². The normalized spacial score (nSPS) is 12.5. The molecule has 4 nitrogen and oxygen atoms in total. The summed E-state index contributed by atoms with van der Waals surface area (Å²) in [6.07, 6.45) is 0. The average molecular weight is 356 g/mol. The predicted molar refractivity (Wildman–Crippen MR) is 100 cm³/mol. The Morgan fingerprint density at radius 3 is 1.68 bits per heavy atom. The van der Waals surface area contributed by atoms with E-state index < -0.39 is 25.9 Å². The van der Waals surface area contributed by atoms with Crippen molar-refractivity contribution in [2.24, 2.45) is 5.92 Å². The van der Waals surface area contributed by atoms with Crippen molar-refractivity contribution < 1.29 is 19.1 Å². The highest BCUT2D eigenvalue weighted by Crippen LogP contribution is 2.35. The SMILES string of the molecule is COC(=O)C(C(=O)OC)C(c1ccccc1)[Si](C)(C)c1ccccc1. The lowest BCUT2D eigenvalue weighted by atomic mass is 9.98. The van der Waals surface area contributed by atoms with Gasteiger partial charge in [0, 0.05) is 5.54 Å². The van der Waals surface area contributed by atoms with Gasteiger partial charge in [-0.3, -0.25) is 9.59 Å². The highest BCUT2D eigenvalue weighted by atomic mass is 28.3. The van der Waals surface area contributed by atoms with Gasteiger partial charge < -0.3 is 9.47 Å². The van der Waals surface area contributed by atoms with Gasteiger partial charge in [0.25, 0.3) is 0 Å². The van der Waals surface area contributed by atoms with Gasteiger partial charge >= 0.3 is 11.9 Å². The van der Waals surface area contributed by atoms with E-state index in [1.165, 1.54) is 19.4 Å². The Labute approximate surface area is 149 Å². The molecule has 0 radical (unpaired) electrons. The first-order valence-electron chi connectivity index (χ1n) is 8.19. The van der Waals surface area contributed by atoms with Gasteiger partial charge in [0.05, 0.1) is 22.3 Å². The van der Waals surface area contributed by atoms with Crippen LogP contribution in [0, 0.1) is 5.92 Å². The van der Waals surface area contributed by atoms with Crippen LogP contribution < -0.4 is 5.19 Å². The maximum Gasteiger partial charge on any atom is 0.320 e. The van der Waals surface area contributed by atoms with Crippen molar-refractivity contribution in [3.05, 3.63) is 66.2 Å². The van der Waals surface area contributed by atoms with Crippen LogP contribution in [0.2, 0.25) is 13.1 Å². The van der Waals surface area contributed by atoms with Crippen molar-refractivity contribution in [1.29, 1.82) is 0 Å². The molecule has 1 unspecified atom stereocenters. The minimum absolute atomic E-state index is 0.295. The van der Waals surface area contributed by atoms with Crippen LogP contribution in [0.15, 0.2) is 60.7 Å². The lowest BCUT2D eigenvalue weighted by Crippen LogP contribution is -2.53. The quantitative estimate of drug-likeness (QED) is 0.454. The van der Waals surface area contributed by atoms with Crippen molar-refractivity contribution in [1.82, 2.24) is 0 Å². The monoisotopic (exact) mass is 356 g/mol. The zero-order valence-corrected chi connectivity index (χ0v) is 16.1. The summed E-state index contributed by atoms with van der Waals surface area (Å²) in [5, 5.41) is 1.17. The van der Waals surface area contributed by atoms with Crippen LogP contribution in [0.3, 0.4) is 0 Å². The Morgan fingerprint density at radius 2 is 1.24 bits per heavy atom. The number of benzene rings is 2. The van der Waals surface area contributed by atoms with Gasteiger partial charge in [0.2, 0.25) is 0 Å². The Balaban J connectivity index is 2.64. The van der Waals surface area contributed by atoms with Gasteiger partial charge in [-0.25, -0.2) is 0 Å². The number of rotatable bonds is 6. The number of carbonyl (C=O) groups is 2. The predicted octanol–water partition coefficient (Wildman–Crippen LogP) is 2.89. The maximum absolute atomic E-state index is 12.5.